The van der Waals surface area contributed by atoms with Crippen molar-refractivity contribution in [3.05, 3.63) is 106 Å². The van der Waals surface area contributed by atoms with Gasteiger partial charge in [0, 0.05) is 23.7 Å². The van der Waals surface area contributed by atoms with E-state index in [0.29, 0.717) is 11.3 Å². The minimum Gasteiger partial charge on any atom is -0.490 e. The molecule has 1 aliphatic rings. The lowest BCUT2D eigenvalue weighted by Gasteiger charge is -2.22. The van der Waals surface area contributed by atoms with Gasteiger partial charge >= 0.3 is 5.69 Å². The topological polar surface area (TPSA) is 110 Å². The minimum absolute atomic E-state index is 0.00799. The predicted molar refractivity (Wildman–Crippen MR) is 127 cm³/mol. The van der Waals surface area contributed by atoms with Crippen molar-refractivity contribution in [2.75, 3.05) is 18.6 Å². The van der Waals surface area contributed by atoms with Crippen LogP contribution < -0.4 is 9.64 Å². The normalized spacial score (nSPS) is 17.1. The summed E-state index contributed by atoms with van der Waals surface area (Å²) in [6.45, 7) is 0.204. The number of anilines is 1. The van der Waals surface area contributed by atoms with Crippen LogP contribution in [0.1, 0.15) is 27.9 Å². The molecule has 1 atom stereocenters. The number of benzene rings is 3. The van der Waals surface area contributed by atoms with Gasteiger partial charge in [-0.3, -0.25) is 19.7 Å². The zero-order valence-electron chi connectivity index (χ0n) is 18.4. The molecule has 4 rings (SSSR count). The van der Waals surface area contributed by atoms with Crippen molar-refractivity contribution in [1.29, 1.82) is 0 Å². The number of rotatable bonds is 8. The molecule has 1 aliphatic heterocycles. The quantitative estimate of drug-likeness (QED) is 0.309. The van der Waals surface area contributed by atoms with Gasteiger partial charge < -0.3 is 14.7 Å². The van der Waals surface area contributed by atoms with Gasteiger partial charge in [-0.25, -0.2) is 0 Å². The number of aliphatic hydroxyl groups is 1. The highest BCUT2D eigenvalue weighted by Crippen LogP contribution is 2.43. The Labute approximate surface area is 195 Å². The molecule has 1 unspecified atom stereocenters. The molecular formula is C26H22N2O6. The zero-order valence-corrected chi connectivity index (χ0v) is 18.4. The van der Waals surface area contributed by atoms with Crippen LogP contribution in [0, 0.1) is 10.1 Å². The van der Waals surface area contributed by atoms with Gasteiger partial charge in [0.25, 0.3) is 5.91 Å². The number of carbonyl (C=O) groups excluding carboxylic acids is 2. The zero-order chi connectivity index (χ0) is 24.3. The second kappa shape index (κ2) is 9.29. The maximum Gasteiger partial charge on any atom is 0.311 e. The van der Waals surface area contributed by atoms with Crippen molar-refractivity contribution >= 4 is 29.1 Å². The molecule has 1 heterocycles. The number of Topliss-reactive ketones (excluding diaryl/α,β-unsaturated/α-hetero) is 1. The number of amides is 1. The Morgan fingerprint density at radius 2 is 1.82 bits per heavy atom. The molecule has 8 nitrogen and oxygen atoms in total. The molecule has 0 aliphatic carbocycles. The van der Waals surface area contributed by atoms with Crippen LogP contribution in [0.5, 0.6) is 5.75 Å². The van der Waals surface area contributed by atoms with Crippen molar-refractivity contribution in [2.45, 2.75) is 12.0 Å². The van der Waals surface area contributed by atoms with Crippen LogP contribution in [-0.4, -0.2) is 35.4 Å². The lowest BCUT2D eigenvalue weighted by Crippen LogP contribution is -2.42. The van der Waals surface area contributed by atoms with E-state index in [0.717, 1.165) is 11.6 Å². The van der Waals surface area contributed by atoms with Crippen LogP contribution in [0.15, 0.2) is 78.9 Å². The fourth-order valence-corrected chi connectivity index (χ4v) is 4.06. The Morgan fingerprint density at radius 3 is 2.53 bits per heavy atom. The number of hydrogen-bond acceptors (Lipinski definition) is 6. The molecule has 0 saturated carbocycles. The largest absolute Gasteiger partial charge is 0.490 e. The molecule has 3 aromatic carbocycles. The molecular weight excluding hydrogens is 436 g/mol. The standard InChI is InChI=1S/C26H22N2O6/c1-34-24-14-13-19(16-22(24)28(32)33)23(29)17-26(31)20-11-5-6-12-21(20)27(25(26)30)15-7-10-18-8-3-2-4-9-18/h2-14,16,31H,15,17H2,1H3. The number of methoxy groups -OCH3 is 1. The van der Waals surface area contributed by atoms with Gasteiger partial charge in [-0.05, 0) is 23.8 Å². The summed E-state index contributed by atoms with van der Waals surface area (Å²) in [6.07, 6.45) is 3.13. The van der Waals surface area contributed by atoms with Crippen molar-refractivity contribution in [1.82, 2.24) is 0 Å². The molecule has 1 amide bonds. The smallest absolute Gasteiger partial charge is 0.311 e. The van der Waals surface area contributed by atoms with Gasteiger partial charge in [-0.1, -0.05) is 60.7 Å². The molecule has 1 N–H and O–H groups in total. The molecule has 0 radical (unpaired) electrons. The Kier molecular flexibility index (Phi) is 6.25. The molecule has 172 valence electrons. The average molecular weight is 458 g/mol. The van der Waals surface area contributed by atoms with Gasteiger partial charge in [0.2, 0.25) is 0 Å². The third kappa shape index (κ3) is 4.18. The highest BCUT2D eigenvalue weighted by molar-refractivity contribution is 6.11. The molecule has 0 fully saturated rings. The number of fused-ring (bicyclic) bond motifs is 1. The Bertz CT molecular complexity index is 1290. The predicted octanol–water partition coefficient (Wildman–Crippen LogP) is 4.12. The van der Waals surface area contributed by atoms with E-state index < -0.39 is 28.6 Å². The summed E-state index contributed by atoms with van der Waals surface area (Å²) in [6, 6.07) is 20.1. The van der Waals surface area contributed by atoms with Crippen LogP contribution in [0.3, 0.4) is 0 Å². The molecule has 8 heteroatoms. The van der Waals surface area contributed by atoms with E-state index in [1.807, 2.05) is 42.5 Å². The van der Waals surface area contributed by atoms with E-state index in [-0.39, 0.29) is 23.5 Å². The number of nitro groups is 1. The van der Waals surface area contributed by atoms with Crippen LogP contribution >= 0.6 is 0 Å². The summed E-state index contributed by atoms with van der Waals surface area (Å²) in [7, 11) is 1.29. The highest BCUT2D eigenvalue weighted by Gasteiger charge is 2.50. The van der Waals surface area contributed by atoms with Gasteiger partial charge in [0.15, 0.2) is 17.1 Å². The van der Waals surface area contributed by atoms with Crippen LogP contribution in [-0.2, 0) is 10.4 Å². The number of nitrogens with zero attached hydrogens (tertiary/aromatic N) is 2. The van der Waals surface area contributed by atoms with E-state index in [1.165, 1.54) is 24.1 Å². The first kappa shape index (κ1) is 22.9. The number of hydrogen-bond donors (Lipinski definition) is 1. The minimum atomic E-state index is -2.08. The van der Waals surface area contributed by atoms with Crippen LogP contribution in [0.25, 0.3) is 6.08 Å². The number of nitro benzene ring substituents is 1. The Hall–Kier alpha value is -4.30. The first-order valence-corrected chi connectivity index (χ1v) is 10.6. The van der Waals surface area contributed by atoms with Crippen molar-refractivity contribution in [2.24, 2.45) is 0 Å². The fourth-order valence-electron chi connectivity index (χ4n) is 4.06. The summed E-state index contributed by atoms with van der Waals surface area (Å²) >= 11 is 0. The number of carbonyl (C=O) groups is 2. The van der Waals surface area contributed by atoms with Crippen LogP contribution in [0.4, 0.5) is 11.4 Å². The molecule has 0 saturated heterocycles. The Balaban J connectivity index is 1.61. The van der Waals surface area contributed by atoms with Gasteiger partial charge in [0.1, 0.15) is 0 Å². The lowest BCUT2D eigenvalue weighted by molar-refractivity contribution is -0.385. The number of para-hydroxylation sites is 1. The molecule has 0 spiro atoms. The highest BCUT2D eigenvalue weighted by atomic mass is 16.6. The maximum atomic E-state index is 13.3. The SMILES string of the molecule is COc1ccc(C(=O)CC2(O)C(=O)N(CC=Cc3ccccc3)c3ccccc32)cc1[N+](=O)[O-]. The summed E-state index contributed by atoms with van der Waals surface area (Å²) in [5.41, 5.74) is -0.636. The van der Waals surface area contributed by atoms with Gasteiger partial charge in [-0.2, -0.15) is 0 Å². The van der Waals surface area contributed by atoms with Crippen molar-refractivity contribution < 1.29 is 24.4 Å². The first-order valence-electron chi connectivity index (χ1n) is 10.6. The second-order valence-corrected chi connectivity index (χ2v) is 7.85. The van der Waals surface area contributed by atoms with Crippen LogP contribution in [0.2, 0.25) is 0 Å². The molecule has 0 aromatic heterocycles. The van der Waals surface area contributed by atoms with E-state index in [2.05, 4.69) is 0 Å². The summed E-state index contributed by atoms with van der Waals surface area (Å²) in [5.74, 6) is -1.21. The maximum absolute atomic E-state index is 13.3. The van der Waals surface area contributed by atoms with Crippen molar-refractivity contribution in [3.8, 4) is 5.75 Å². The second-order valence-electron chi connectivity index (χ2n) is 7.85. The lowest BCUT2D eigenvalue weighted by atomic mass is 9.88. The average Bonchev–Trinajstić information content (AvgIpc) is 3.06. The summed E-state index contributed by atoms with van der Waals surface area (Å²) in [4.78, 5) is 38.5. The number of ether oxygens (including phenoxy) is 1. The summed E-state index contributed by atoms with van der Waals surface area (Å²) < 4.78 is 4.97. The summed E-state index contributed by atoms with van der Waals surface area (Å²) in [5, 5.41) is 22.7. The molecule has 34 heavy (non-hydrogen) atoms. The van der Waals surface area contributed by atoms with Gasteiger partial charge in [0.05, 0.1) is 24.1 Å². The third-order valence-electron chi connectivity index (χ3n) is 5.75. The Morgan fingerprint density at radius 1 is 1.12 bits per heavy atom. The van der Waals surface area contributed by atoms with E-state index in [9.17, 15) is 24.8 Å². The van der Waals surface area contributed by atoms with E-state index >= 15 is 0 Å². The van der Waals surface area contributed by atoms with Gasteiger partial charge in [-0.15, -0.1) is 0 Å². The van der Waals surface area contributed by atoms with E-state index in [1.54, 1.807) is 24.3 Å². The first-order chi connectivity index (χ1) is 16.3. The van der Waals surface area contributed by atoms with E-state index in [4.69, 9.17) is 4.74 Å². The molecule has 0 bridgehead atoms. The third-order valence-corrected chi connectivity index (χ3v) is 5.75. The van der Waals surface area contributed by atoms with Crippen molar-refractivity contribution in [3.63, 3.8) is 0 Å². The molecule has 3 aromatic rings. The monoisotopic (exact) mass is 458 g/mol. The fraction of sp³-hybridized carbons (Fsp3) is 0.154. The number of ketones is 1.